The minimum atomic E-state index is -0.164. The Bertz CT molecular complexity index is 849. The zero-order chi connectivity index (χ0) is 16.5. The van der Waals surface area contributed by atoms with E-state index >= 15 is 0 Å². The van der Waals surface area contributed by atoms with Gasteiger partial charge in [-0.3, -0.25) is 4.79 Å². The van der Waals surface area contributed by atoms with Crippen molar-refractivity contribution in [3.63, 3.8) is 0 Å². The summed E-state index contributed by atoms with van der Waals surface area (Å²) < 4.78 is 7.04. The fraction of sp³-hybridized carbons (Fsp3) is 0.412. The maximum absolute atomic E-state index is 13.1. The molecule has 0 bridgehead atoms. The summed E-state index contributed by atoms with van der Waals surface area (Å²) in [5, 5.41) is 4.35. The first-order valence-electron chi connectivity index (χ1n) is 8.24. The van der Waals surface area contributed by atoms with Crippen LogP contribution >= 0.6 is 0 Å². The molecule has 4 rings (SSSR count). The second-order valence-electron chi connectivity index (χ2n) is 6.18. The molecular weight excluding hydrogens is 306 g/mol. The van der Waals surface area contributed by atoms with Crippen LogP contribution in [0.2, 0.25) is 0 Å². The molecule has 0 aromatic carbocycles. The van der Waals surface area contributed by atoms with Crippen LogP contribution in [0.1, 0.15) is 47.8 Å². The molecule has 0 aliphatic heterocycles. The van der Waals surface area contributed by atoms with Crippen LogP contribution in [0.3, 0.4) is 0 Å². The Labute approximate surface area is 139 Å². The molecule has 7 heteroatoms. The SMILES string of the molecule is Cc1ccnc2nc(C(=O)N(Cc3ccco3)C3CCCC3)nn12. The summed E-state index contributed by atoms with van der Waals surface area (Å²) >= 11 is 0. The number of nitrogens with zero attached hydrogens (tertiary/aromatic N) is 5. The first-order valence-corrected chi connectivity index (χ1v) is 8.24. The Hall–Kier alpha value is -2.70. The minimum absolute atomic E-state index is 0.164. The molecule has 7 nitrogen and oxygen atoms in total. The lowest BCUT2D eigenvalue weighted by atomic mass is 10.2. The predicted molar refractivity (Wildman–Crippen MR) is 86.4 cm³/mol. The molecule has 0 radical (unpaired) electrons. The lowest BCUT2D eigenvalue weighted by Crippen LogP contribution is -2.38. The van der Waals surface area contributed by atoms with Gasteiger partial charge < -0.3 is 9.32 Å². The second-order valence-corrected chi connectivity index (χ2v) is 6.18. The third-order valence-electron chi connectivity index (χ3n) is 4.55. The number of rotatable bonds is 4. The summed E-state index contributed by atoms with van der Waals surface area (Å²) in [6, 6.07) is 5.78. The Morgan fingerprint density at radius 3 is 2.92 bits per heavy atom. The number of fused-ring (bicyclic) bond motifs is 1. The highest BCUT2D eigenvalue weighted by molar-refractivity contribution is 5.91. The molecule has 1 aliphatic rings. The van der Waals surface area contributed by atoms with Gasteiger partial charge in [0.15, 0.2) is 0 Å². The maximum Gasteiger partial charge on any atom is 0.294 e. The minimum Gasteiger partial charge on any atom is -0.467 e. The largest absolute Gasteiger partial charge is 0.467 e. The molecule has 0 saturated heterocycles. The van der Waals surface area contributed by atoms with Gasteiger partial charge in [0.05, 0.1) is 12.8 Å². The molecule has 0 unspecified atom stereocenters. The van der Waals surface area contributed by atoms with E-state index in [0.717, 1.165) is 37.1 Å². The van der Waals surface area contributed by atoms with Crippen molar-refractivity contribution in [2.75, 3.05) is 0 Å². The monoisotopic (exact) mass is 325 g/mol. The first-order chi connectivity index (χ1) is 11.7. The highest BCUT2D eigenvalue weighted by Crippen LogP contribution is 2.26. The number of hydrogen-bond acceptors (Lipinski definition) is 5. The average Bonchev–Trinajstić information content (AvgIpc) is 3.32. The van der Waals surface area contributed by atoms with Crippen LogP contribution in [-0.4, -0.2) is 36.4 Å². The van der Waals surface area contributed by atoms with Crippen molar-refractivity contribution in [3.8, 4) is 0 Å². The van der Waals surface area contributed by atoms with Gasteiger partial charge in [-0.2, -0.15) is 4.98 Å². The van der Waals surface area contributed by atoms with E-state index in [1.807, 2.05) is 30.0 Å². The zero-order valence-corrected chi connectivity index (χ0v) is 13.6. The third kappa shape index (κ3) is 2.66. The topological polar surface area (TPSA) is 76.5 Å². The Balaban J connectivity index is 1.67. The quantitative estimate of drug-likeness (QED) is 0.737. The third-order valence-corrected chi connectivity index (χ3v) is 4.55. The molecule has 1 saturated carbocycles. The Kier molecular flexibility index (Phi) is 3.76. The van der Waals surface area contributed by atoms with Crippen LogP contribution in [0.15, 0.2) is 35.1 Å². The van der Waals surface area contributed by atoms with E-state index in [-0.39, 0.29) is 17.8 Å². The fourth-order valence-corrected chi connectivity index (χ4v) is 3.28. The number of carbonyl (C=O) groups is 1. The van der Waals surface area contributed by atoms with Gasteiger partial charge in [0.25, 0.3) is 11.7 Å². The molecule has 24 heavy (non-hydrogen) atoms. The molecule has 0 atom stereocenters. The van der Waals surface area contributed by atoms with E-state index in [1.54, 1.807) is 17.0 Å². The van der Waals surface area contributed by atoms with E-state index in [4.69, 9.17) is 4.42 Å². The lowest BCUT2D eigenvalue weighted by molar-refractivity contribution is 0.0636. The van der Waals surface area contributed by atoms with Gasteiger partial charge in [-0.25, -0.2) is 9.50 Å². The van der Waals surface area contributed by atoms with Crippen molar-refractivity contribution in [3.05, 3.63) is 47.9 Å². The van der Waals surface area contributed by atoms with Crippen LogP contribution in [0.5, 0.6) is 0 Å². The molecule has 124 valence electrons. The molecule has 1 aliphatic carbocycles. The standard InChI is InChI=1S/C17H19N5O2/c1-12-8-9-18-17-19-15(20-22(12)17)16(23)21(13-5-2-3-6-13)11-14-7-4-10-24-14/h4,7-10,13H,2-3,5-6,11H2,1H3. The molecule has 1 fully saturated rings. The predicted octanol–water partition coefficient (Wildman–Crippen LogP) is 2.61. The number of hydrogen-bond donors (Lipinski definition) is 0. The van der Waals surface area contributed by atoms with E-state index in [9.17, 15) is 4.79 Å². The van der Waals surface area contributed by atoms with Crippen LogP contribution < -0.4 is 0 Å². The summed E-state index contributed by atoms with van der Waals surface area (Å²) in [5.41, 5.74) is 0.894. The highest BCUT2D eigenvalue weighted by atomic mass is 16.3. The Morgan fingerprint density at radius 2 is 2.21 bits per heavy atom. The number of aryl methyl sites for hydroxylation is 1. The molecule has 3 aromatic rings. The van der Waals surface area contributed by atoms with Crippen molar-refractivity contribution in [1.82, 2.24) is 24.5 Å². The van der Waals surface area contributed by atoms with E-state index in [0.29, 0.717) is 12.3 Å². The molecule has 0 N–H and O–H groups in total. The van der Waals surface area contributed by atoms with Crippen LogP contribution in [0, 0.1) is 6.92 Å². The zero-order valence-electron chi connectivity index (χ0n) is 13.6. The maximum atomic E-state index is 13.1. The molecule has 3 heterocycles. The van der Waals surface area contributed by atoms with Crippen LogP contribution in [-0.2, 0) is 6.54 Å². The van der Waals surface area contributed by atoms with Gasteiger partial charge in [-0.1, -0.05) is 12.8 Å². The molecular formula is C17H19N5O2. The van der Waals surface area contributed by atoms with Crippen LogP contribution in [0.4, 0.5) is 0 Å². The first kappa shape index (κ1) is 14.9. The van der Waals surface area contributed by atoms with Gasteiger partial charge in [0, 0.05) is 17.9 Å². The van der Waals surface area contributed by atoms with Gasteiger partial charge in [0.1, 0.15) is 5.76 Å². The fourth-order valence-electron chi connectivity index (χ4n) is 3.28. The van der Waals surface area contributed by atoms with E-state index in [1.165, 1.54) is 0 Å². The second kappa shape index (κ2) is 6.07. The smallest absolute Gasteiger partial charge is 0.294 e. The van der Waals surface area contributed by atoms with Crippen LogP contribution in [0.25, 0.3) is 5.78 Å². The summed E-state index contributed by atoms with van der Waals surface area (Å²) in [4.78, 5) is 23.4. The van der Waals surface area contributed by atoms with Crippen molar-refractivity contribution in [2.45, 2.75) is 45.2 Å². The number of aromatic nitrogens is 4. The normalized spacial score (nSPS) is 15.2. The summed E-state index contributed by atoms with van der Waals surface area (Å²) in [6.07, 6.45) is 7.61. The average molecular weight is 325 g/mol. The van der Waals surface area contributed by atoms with Crippen molar-refractivity contribution in [2.24, 2.45) is 0 Å². The van der Waals surface area contributed by atoms with Crippen molar-refractivity contribution < 1.29 is 9.21 Å². The molecule has 3 aromatic heterocycles. The number of amides is 1. The highest BCUT2D eigenvalue weighted by Gasteiger charge is 2.30. The van der Waals surface area contributed by atoms with E-state index < -0.39 is 0 Å². The molecule has 0 spiro atoms. The number of carbonyl (C=O) groups excluding carboxylic acids is 1. The lowest BCUT2D eigenvalue weighted by Gasteiger charge is -2.27. The Morgan fingerprint density at radius 1 is 1.38 bits per heavy atom. The van der Waals surface area contributed by atoms with Gasteiger partial charge >= 0.3 is 0 Å². The number of furan rings is 1. The van der Waals surface area contributed by atoms with Crippen molar-refractivity contribution in [1.29, 1.82) is 0 Å². The molecule has 1 amide bonds. The summed E-state index contributed by atoms with van der Waals surface area (Å²) in [5.74, 6) is 1.24. The van der Waals surface area contributed by atoms with Gasteiger partial charge in [0.2, 0.25) is 5.82 Å². The summed E-state index contributed by atoms with van der Waals surface area (Å²) in [7, 11) is 0. The van der Waals surface area contributed by atoms with Crippen molar-refractivity contribution >= 4 is 11.7 Å². The van der Waals surface area contributed by atoms with E-state index in [2.05, 4.69) is 15.1 Å². The van der Waals surface area contributed by atoms with Gasteiger partial charge in [-0.05, 0) is 38.0 Å². The summed E-state index contributed by atoms with van der Waals surface area (Å²) in [6.45, 7) is 2.35. The van der Waals surface area contributed by atoms with Gasteiger partial charge in [-0.15, -0.1) is 5.10 Å².